The molecule has 0 aliphatic heterocycles. The third-order valence-corrected chi connectivity index (χ3v) is 2.80. The summed E-state index contributed by atoms with van der Waals surface area (Å²) in [4.78, 5) is 0.201. The zero-order valence-corrected chi connectivity index (χ0v) is 7.69. The molecule has 0 saturated heterocycles. The van der Waals surface area contributed by atoms with Crippen LogP contribution in [-0.4, -0.2) is 29.3 Å². The van der Waals surface area contributed by atoms with Crippen molar-refractivity contribution in [1.29, 1.82) is 0 Å². The summed E-state index contributed by atoms with van der Waals surface area (Å²) >= 11 is 0. The van der Waals surface area contributed by atoms with Crippen molar-refractivity contribution in [1.82, 2.24) is 14.6 Å². The molecule has 0 aromatic carbocycles. The second kappa shape index (κ2) is 2.53. The van der Waals surface area contributed by atoms with E-state index >= 15 is 0 Å². The molecule has 0 bridgehead atoms. The Hall–Kier alpha value is -1.43. The van der Waals surface area contributed by atoms with E-state index in [1.54, 1.807) is 16.7 Å². The number of pyridine rings is 1. The lowest BCUT2D eigenvalue weighted by Crippen LogP contribution is -2.00. The standard InChI is InChI=1S/C7H7N3O2S/c1-13(11,12)6-3-2-4-10-5-8-9-7(6)10/h2-5H,1H3. The first-order chi connectivity index (χ1) is 6.09. The second-order valence-corrected chi connectivity index (χ2v) is 4.69. The molecule has 0 atom stereocenters. The number of hydrogen-bond acceptors (Lipinski definition) is 4. The van der Waals surface area contributed by atoms with Gasteiger partial charge in [-0.05, 0) is 12.1 Å². The maximum Gasteiger partial charge on any atom is 0.179 e. The molecule has 0 amide bonds. The van der Waals surface area contributed by atoms with Crippen LogP contribution in [0.2, 0.25) is 0 Å². The monoisotopic (exact) mass is 197 g/mol. The molecule has 2 heterocycles. The maximum absolute atomic E-state index is 11.3. The van der Waals surface area contributed by atoms with Gasteiger partial charge in [0.2, 0.25) is 0 Å². The summed E-state index contributed by atoms with van der Waals surface area (Å²) in [7, 11) is -3.22. The van der Waals surface area contributed by atoms with Crippen LogP contribution < -0.4 is 0 Å². The summed E-state index contributed by atoms with van der Waals surface area (Å²) in [6.45, 7) is 0. The first kappa shape index (κ1) is 8.18. The first-order valence-corrected chi connectivity index (χ1v) is 5.46. The highest BCUT2D eigenvalue weighted by Crippen LogP contribution is 2.13. The molecule has 0 aliphatic rings. The van der Waals surface area contributed by atoms with E-state index in [2.05, 4.69) is 10.2 Å². The molecule has 0 fully saturated rings. The Bertz CT molecular complexity index is 544. The summed E-state index contributed by atoms with van der Waals surface area (Å²) in [5.41, 5.74) is 0.366. The SMILES string of the molecule is CS(=O)(=O)c1cccn2cnnc12. The van der Waals surface area contributed by atoms with E-state index in [4.69, 9.17) is 0 Å². The third kappa shape index (κ3) is 1.29. The van der Waals surface area contributed by atoms with Crippen molar-refractivity contribution in [2.45, 2.75) is 4.90 Å². The van der Waals surface area contributed by atoms with Gasteiger partial charge in [-0.3, -0.25) is 4.40 Å². The van der Waals surface area contributed by atoms with E-state index < -0.39 is 9.84 Å². The van der Waals surface area contributed by atoms with Crippen LogP contribution in [0.5, 0.6) is 0 Å². The molecule has 2 aromatic heterocycles. The fourth-order valence-corrected chi connectivity index (χ4v) is 1.92. The quantitative estimate of drug-likeness (QED) is 0.652. The van der Waals surface area contributed by atoms with Crippen molar-refractivity contribution in [3.05, 3.63) is 24.7 Å². The number of rotatable bonds is 1. The zero-order chi connectivity index (χ0) is 9.47. The van der Waals surface area contributed by atoms with Gasteiger partial charge in [0.25, 0.3) is 0 Å². The Labute approximate surface area is 74.9 Å². The maximum atomic E-state index is 11.3. The van der Waals surface area contributed by atoms with E-state index in [1.165, 1.54) is 12.4 Å². The smallest absolute Gasteiger partial charge is 0.179 e. The van der Waals surface area contributed by atoms with Gasteiger partial charge in [-0.1, -0.05) is 0 Å². The van der Waals surface area contributed by atoms with Crippen molar-refractivity contribution >= 4 is 15.5 Å². The van der Waals surface area contributed by atoms with Gasteiger partial charge in [0.05, 0.1) is 0 Å². The van der Waals surface area contributed by atoms with Gasteiger partial charge in [-0.2, -0.15) is 0 Å². The first-order valence-electron chi connectivity index (χ1n) is 3.57. The molecule has 5 nitrogen and oxygen atoms in total. The number of nitrogens with zero attached hydrogens (tertiary/aromatic N) is 3. The third-order valence-electron chi connectivity index (χ3n) is 1.69. The predicted octanol–water partition coefficient (Wildman–Crippen LogP) is 0.133. The highest BCUT2D eigenvalue weighted by Gasteiger charge is 2.12. The highest BCUT2D eigenvalue weighted by molar-refractivity contribution is 7.90. The molecule has 13 heavy (non-hydrogen) atoms. The topological polar surface area (TPSA) is 64.3 Å². The van der Waals surface area contributed by atoms with Gasteiger partial charge >= 0.3 is 0 Å². The van der Waals surface area contributed by atoms with Crippen LogP contribution in [0.15, 0.2) is 29.6 Å². The normalized spacial score (nSPS) is 12.1. The molecule has 2 rings (SSSR count). The summed E-state index contributed by atoms with van der Waals surface area (Å²) < 4.78 is 24.1. The van der Waals surface area contributed by atoms with Gasteiger partial charge in [0, 0.05) is 12.5 Å². The van der Waals surface area contributed by atoms with Crippen molar-refractivity contribution in [3.8, 4) is 0 Å². The van der Waals surface area contributed by atoms with E-state index in [1.807, 2.05) is 0 Å². The Balaban J connectivity index is 2.91. The van der Waals surface area contributed by atoms with Gasteiger partial charge in [-0.15, -0.1) is 10.2 Å². The van der Waals surface area contributed by atoms with Crippen molar-refractivity contribution < 1.29 is 8.42 Å². The average molecular weight is 197 g/mol. The lowest BCUT2D eigenvalue weighted by atomic mass is 10.5. The lowest BCUT2D eigenvalue weighted by Gasteiger charge is -1.98. The Morgan fingerprint density at radius 2 is 2.23 bits per heavy atom. The fourth-order valence-electron chi connectivity index (χ4n) is 1.12. The summed E-state index contributed by atoms with van der Waals surface area (Å²) in [5, 5.41) is 7.34. The minimum atomic E-state index is -3.22. The average Bonchev–Trinajstić information content (AvgIpc) is 2.48. The predicted molar refractivity (Wildman–Crippen MR) is 46.1 cm³/mol. The molecular formula is C7H7N3O2S. The van der Waals surface area contributed by atoms with Crippen LogP contribution >= 0.6 is 0 Å². The molecule has 2 aromatic rings. The van der Waals surface area contributed by atoms with E-state index in [-0.39, 0.29) is 4.90 Å². The number of aromatic nitrogens is 3. The lowest BCUT2D eigenvalue weighted by molar-refractivity contribution is 0.602. The fraction of sp³-hybridized carbons (Fsp3) is 0.143. The summed E-state index contributed by atoms with van der Waals surface area (Å²) in [5.74, 6) is 0. The molecule has 0 spiro atoms. The van der Waals surface area contributed by atoms with E-state index in [9.17, 15) is 8.42 Å². The highest BCUT2D eigenvalue weighted by atomic mass is 32.2. The van der Waals surface area contributed by atoms with Crippen LogP contribution in [0.1, 0.15) is 0 Å². The minimum Gasteiger partial charge on any atom is -0.288 e. The Morgan fingerprint density at radius 3 is 2.92 bits per heavy atom. The molecule has 6 heteroatoms. The molecule has 0 aliphatic carbocycles. The second-order valence-electron chi connectivity index (χ2n) is 2.71. The summed E-state index contributed by atoms with van der Waals surface area (Å²) in [6, 6.07) is 3.16. The number of sulfone groups is 1. The molecular weight excluding hydrogens is 190 g/mol. The molecule has 0 saturated carbocycles. The molecule has 0 unspecified atom stereocenters. The van der Waals surface area contributed by atoms with Gasteiger partial charge in [-0.25, -0.2) is 8.42 Å². The van der Waals surface area contributed by atoms with E-state index in [0.29, 0.717) is 5.65 Å². The Kier molecular flexibility index (Phi) is 1.59. The minimum absolute atomic E-state index is 0.201. The van der Waals surface area contributed by atoms with E-state index in [0.717, 1.165) is 6.26 Å². The van der Waals surface area contributed by atoms with Crippen molar-refractivity contribution in [3.63, 3.8) is 0 Å². The van der Waals surface area contributed by atoms with Crippen LogP contribution in [0.4, 0.5) is 0 Å². The molecule has 68 valence electrons. The number of hydrogen-bond donors (Lipinski definition) is 0. The summed E-state index contributed by atoms with van der Waals surface area (Å²) in [6.07, 6.45) is 4.31. The number of fused-ring (bicyclic) bond motifs is 1. The van der Waals surface area contributed by atoms with Crippen LogP contribution in [0.25, 0.3) is 5.65 Å². The zero-order valence-electron chi connectivity index (χ0n) is 6.88. The van der Waals surface area contributed by atoms with Gasteiger partial charge < -0.3 is 0 Å². The van der Waals surface area contributed by atoms with Gasteiger partial charge in [0.1, 0.15) is 11.2 Å². The molecule has 0 N–H and O–H groups in total. The van der Waals surface area contributed by atoms with Gasteiger partial charge in [0.15, 0.2) is 15.5 Å². The van der Waals surface area contributed by atoms with Crippen LogP contribution in [0.3, 0.4) is 0 Å². The molecule has 0 radical (unpaired) electrons. The van der Waals surface area contributed by atoms with Crippen LogP contribution in [0, 0.1) is 0 Å². The van der Waals surface area contributed by atoms with Crippen molar-refractivity contribution in [2.75, 3.05) is 6.26 Å². The van der Waals surface area contributed by atoms with Crippen molar-refractivity contribution in [2.24, 2.45) is 0 Å². The largest absolute Gasteiger partial charge is 0.288 e. The van der Waals surface area contributed by atoms with Crippen LogP contribution in [-0.2, 0) is 9.84 Å². The Morgan fingerprint density at radius 1 is 1.46 bits per heavy atom.